The number of nitrogens with two attached hydrogens (primary N) is 1. The van der Waals surface area contributed by atoms with E-state index in [9.17, 15) is 4.79 Å². The zero-order valence-electron chi connectivity index (χ0n) is 6.22. The maximum atomic E-state index is 11.0. The SMILES string of the molecule is CC1(C(=O)OCCN)CC1. The number of rotatable bonds is 3. The summed E-state index contributed by atoms with van der Waals surface area (Å²) in [5.74, 6) is -0.0852. The summed E-state index contributed by atoms with van der Waals surface area (Å²) < 4.78 is 4.85. The van der Waals surface area contributed by atoms with Crippen LogP contribution in [-0.2, 0) is 9.53 Å². The number of esters is 1. The van der Waals surface area contributed by atoms with Gasteiger partial charge in [0.1, 0.15) is 6.61 Å². The molecule has 0 saturated heterocycles. The Morgan fingerprint density at radius 2 is 2.30 bits per heavy atom. The second-order valence-electron chi connectivity index (χ2n) is 2.99. The Labute approximate surface area is 60.5 Å². The summed E-state index contributed by atoms with van der Waals surface area (Å²) in [5, 5.41) is 0. The molecule has 0 spiro atoms. The molecule has 3 nitrogen and oxygen atoms in total. The van der Waals surface area contributed by atoms with Gasteiger partial charge in [0.05, 0.1) is 5.41 Å². The Kier molecular flexibility index (Phi) is 1.94. The van der Waals surface area contributed by atoms with Gasteiger partial charge in [-0.2, -0.15) is 0 Å². The topological polar surface area (TPSA) is 52.3 Å². The number of carbonyl (C=O) groups excluding carboxylic acids is 1. The summed E-state index contributed by atoms with van der Waals surface area (Å²) in [6, 6.07) is 0. The fourth-order valence-electron chi connectivity index (χ4n) is 0.717. The van der Waals surface area contributed by atoms with Gasteiger partial charge in [0.2, 0.25) is 0 Å². The third-order valence-corrected chi connectivity index (χ3v) is 1.84. The molecule has 0 amide bonds. The lowest BCUT2D eigenvalue weighted by molar-refractivity contribution is -0.149. The van der Waals surface area contributed by atoms with Gasteiger partial charge in [-0.25, -0.2) is 0 Å². The van der Waals surface area contributed by atoms with E-state index in [2.05, 4.69) is 0 Å². The Balaban J connectivity index is 2.22. The van der Waals surface area contributed by atoms with Gasteiger partial charge >= 0.3 is 5.97 Å². The van der Waals surface area contributed by atoms with Gasteiger partial charge in [0.15, 0.2) is 0 Å². The van der Waals surface area contributed by atoms with Crippen LogP contribution in [-0.4, -0.2) is 19.1 Å². The third kappa shape index (κ3) is 1.48. The van der Waals surface area contributed by atoms with Crippen molar-refractivity contribution < 1.29 is 9.53 Å². The molecule has 1 aliphatic carbocycles. The predicted octanol–water partition coefficient (Wildman–Crippen LogP) is 0.288. The van der Waals surface area contributed by atoms with Crippen LogP contribution in [0.15, 0.2) is 0 Å². The van der Waals surface area contributed by atoms with Crippen LogP contribution >= 0.6 is 0 Å². The van der Waals surface area contributed by atoms with Crippen molar-refractivity contribution in [2.45, 2.75) is 19.8 Å². The zero-order valence-corrected chi connectivity index (χ0v) is 6.22. The van der Waals surface area contributed by atoms with E-state index in [4.69, 9.17) is 10.5 Å². The number of hydrogen-bond donors (Lipinski definition) is 1. The average Bonchev–Trinajstić information content (AvgIpc) is 2.64. The summed E-state index contributed by atoms with van der Waals surface area (Å²) in [7, 11) is 0. The number of ether oxygens (including phenoxy) is 1. The predicted molar refractivity (Wildman–Crippen MR) is 37.4 cm³/mol. The van der Waals surface area contributed by atoms with E-state index in [0.29, 0.717) is 13.2 Å². The van der Waals surface area contributed by atoms with Crippen LogP contribution in [0.1, 0.15) is 19.8 Å². The molecule has 1 rings (SSSR count). The average molecular weight is 143 g/mol. The van der Waals surface area contributed by atoms with Gasteiger partial charge in [0.25, 0.3) is 0 Å². The van der Waals surface area contributed by atoms with E-state index in [0.717, 1.165) is 12.8 Å². The van der Waals surface area contributed by atoms with E-state index in [1.165, 1.54) is 0 Å². The van der Waals surface area contributed by atoms with Crippen LogP contribution < -0.4 is 5.73 Å². The standard InChI is InChI=1S/C7H13NO2/c1-7(2-3-7)6(9)10-5-4-8/h2-5,8H2,1H3. The Hall–Kier alpha value is -0.570. The molecule has 0 aromatic rings. The largest absolute Gasteiger partial charge is 0.464 e. The van der Waals surface area contributed by atoms with Gasteiger partial charge in [-0.05, 0) is 19.8 Å². The summed E-state index contributed by atoms with van der Waals surface area (Å²) in [4.78, 5) is 11.0. The highest BCUT2D eigenvalue weighted by atomic mass is 16.5. The summed E-state index contributed by atoms with van der Waals surface area (Å²) in [6.45, 7) is 2.70. The van der Waals surface area contributed by atoms with Crippen LogP contribution in [0.4, 0.5) is 0 Å². The number of hydrogen-bond acceptors (Lipinski definition) is 3. The van der Waals surface area contributed by atoms with Crippen molar-refractivity contribution in [3.63, 3.8) is 0 Å². The van der Waals surface area contributed by atoms with Crippen molar-refractivity contribution in [2.75, 3.05) is 13.2 Å². The van der Waals surface area contributed by atoms with Crippen LogP contribution in [0.2, 0.25) is 0 Å². The second-order valence-corrected chi connectivity index (χ2v) is 2.99. The minimum Gasteiger partial charge on any atom is -0.464 e. The fourth-order valence-corrected chi connectivity index (χ4v) is 0.717. The first-order chi connectivity index (χ1) is 4.69. The molecular weight excluding hydrogens is 130 g/mol. The molecule has 0 radical (unpaired) electrons. The van der Waals surface area contributed by atoms with Crippen LogP contribution in [0.25, 0.3) is 0 Å². The smallest absolute Gasteiger partial charge is 0.311 e. The molecule has 0 aromatic heterocycles. The molecule has 0 aromatic carbocycles. The monoisotopic (exact) mass is 143 g/mol. The molecule has 0 bridgehead atoms. The minimum absolute atomic E-state index is 0.0852. The lowest BCUT2D eigenvalue weighted by Crippen LogP contribution is -2.19. The van der Waals surface area contributed by atoms with E-state index >= 15 is 0 Å². The maximum absolute atomic E-state index is 11.0. The van der Waals surface area contributed by atoms with Crippen molar-refractivity contribution in [1.82, 2.24) is 0 Å². The summed E-state index contributed by atoms with van der Waals surface area (Å²) in [6.07, 6.45) is 1.94. The Morgan fingerprint density at radius 1 is 1.70 bits per heavy atom. The van der Waals surface area contributed by atoms with Crippen molar-refractivity contribution >= 4 is 5.97 Å². The zero-order chi connectivity index (χ0) is 7.61. The molecule has 3 heteroatoms. The van der Waals surface area contributed by atoms with E-state index in [1.54, 1.807) is 0 Å². The molecule has 0 atom stereocenters. The third-order valence-electron chi connectivity index (χ3n) is 1.84. The first kappa shape index (κ1) is 7.54. The first-order valence-electron chi connectivity index (χ1n) is 3.56. The number of carbonyl (C=O) groups is 1. The molecule has 0 heterocycles. The highest BCUT2D eigenvalue weighted by molar-refractivity contribution is 5.79. The van der Waals surface area contributed by atoms with Crippen LogP contribution in [0.3, 0.4) is 0 Å². The summed E-state index contributed by atoms with van der Waals surface area (Å²) >= 11 is 0. The van der Waals surface area contributed by atoms with Crippen molar-refractivity contribution in [3.8, 4) is 0 Å². The van der Waals surface area contributed by atoms with E-state index in [1.807, 2.05) is 6.92 Å². The minimum atomic E-state index is -0.158. The van der Waals surface area contributed by atoms with Crippen molar-refractivity contribution in [3.05, 3.63) is 0 Å². The normalized spacial score (nSPS) is 20.2. The lowest BCUT2D eigenvalue weighted by Gasteiger charge is -2.06. The Bertz CT molecular complexity index is 141. The second kappa shape index (κ2) is 2.58. The molecule has 0 unspecified atom stereocenters. The van der Waals surface area contributed by atoms with Crippen LogP contribution in [0, 0.1) is 5.41 Å². The van der Waals surface area contributed by atoms with E-state index < -0.39 is 0 Å². The van der Waals surface area contributed by atoms with Gasteiger partial charge in [0, 0.05) is 6.54 Å². The first-order valence-corrected chi connectivity index (χ1v) is 3.56. The highest BCUT2D eigenvalue weighted by Crippen LogP contribution is 2.45. The molecule has 0 aliphatic heterocycles. The van der Waals surface area contributed by atoms with Gasteiger partial charge in [-0.15, -0.1) is 0 Å². The molecule has 2 N–H and O–H groups in total. The van der Waals surface area contributed by atoms with Gasteiger partial charge in [-0.3, -0.25) is 4.79 Å². The Morgan fingerprint density at radius 3 is 2.70 bits per heavy atom. The quantitative estimate of drug-likeness (QED) is 0.578. The highest BCUT2D eigenvalue weighted by Gasteiger charge is 2.46. The molecule has 10 heavy (non-hydrogen) atoms. The van der Waals surface area contributed by atoms with Crippen molar-refractivity contribution in [2.24, 2.45) is 11.1 Å². The van der Waals surface area contributed by atoms with Crippen LogP contribution in [0.5, 0.6) is 0 Å². The molecule has 1 fully saturated rings. The summed E-state index contributed by atoms with van der Waals surface area (Å²) in [5.41, 5.74) is 5.01. The molecular formula is C7H13NO2. The lowest BCUT2D eigenvalue weighted by atomic mass is 10.1. The molecule has 1 aliphatic rings. The maximum Gasteiger partial charge on any atom is 0.311 e. The molecule has 1 saturated carbocycles. The fraction of sp³-hybridized carbons (Fsp3) is 0.857. The van der Waals surface area contributed by atoms with Gasteiger partial charge < -0.3 is 10.5 Å². The van der Waals surface area contributed by atoms with Crippen molar-refractivity contribution in [1.29, 1.82) is 0 Å². The van der Waals surface area contributed by atoms with E-state index in [-0.39, 0.29) is 11.4 Å². The molecule has 58 valence electrons. The van der Waals surface area contributed by atoms with Gasteiger partial charge in [-0.1, -0.05) is 0 Å².